The fraction of sp³-hybridized carbons (Fsp3) is 0.438. The number of aliphatic hydroxyl groups is 1. The third-order valence-corrected chi connectivity index (χ3v) is 4.07. The number of pyridine rings is 1. The number of hydrogen-bond donors (Lipinski definition) is 1. The second kappa shape index (κ2) is 4.46. The first-order valence-corrected chi connectivity index (χ1v) is 7.18. The molecule has 0 saturated heterocycles. The van der Waals surface area contributed by atoms with Crippen LogP contribution in [0.4, 0.5) is 0 Å². The number of nitrogens with zero attached hydrogens (tertiary/aromatic N) is 1. The van der Waals surface area contributed by atoms with E-state index in [2.05, 4.69) is 0 Å². The number of hydrogen-bond acceptors (Lipinski definition) is 2. The standard InChI is InChI=1S/C16H18ClNO/c1-16(2,19)15-11-5-3-4-6-13(11)18-14-8-7-10(17)9-12(14)15/h7-9,19H,3-6H2,1-2H3. The number of fused-ring (bicyclic) bond motifs is 2. The third kappa shape index (κ3) is 2.24. The molecular formula is C16H18ClNO. The second-order valence-electron chi connectivity index (χ2n) is 5.84. The van der Waals surface area contributed by atoms with Crippen LogP contribution in [0.15, 0.2) is 18.2 Å². The number of aryl methyl sites for hydroxylation is 1. The Morgan fingerprint density at radius 3 is 2.68 bits per heavy atom. The summed E-state index contributed by atoms with van der Waals surface area (Å²) in [4.78, 5) is 4.76. The van der Waals surface area contributed by atoms with Crippen LogP contribution in [0.5, 0.6) is 0 Å². The highest BCUT2D eigenvalue weighted by Crippen LogP contribution is 2.36. The molecule has 0 spiro atoms. The molecule has 1 aromatic carbocycles. The molecule has 19 heavy (non-hydrogen) atoms. The van der Waals surface area contributed by atoms with Gasteiger partial charge in [-0.05, 0) is 68.9 Å². The fourth-order valence-corrected chi connectivity index (χ4v) is 3.27. The Morgan fingerprint density at radius 2 is 1.95 bits per heavy atom. The van der Waals surface area contributed by atoms with Gasteiger partial charge in [0.05, 0.1) is 11.1 Å². The fourth-order valence-electron chi connectivity index (χ4n) is 3.09. The van der Waals surface area contributed by atoms with Crippen LogP contribution in [0.1, 0.15) is 43.5 Å². The number of aromatic nitrogens is 1. The summed E-state index contributed by atoms with van der Waals surface area (Å²) < 4.78 is 0. The van der Waals surface area contributed by atoms with Gasteiger partial charge in [0.1, 0.15) is 0 Å². The molecule has 0 atom stereocenters. The normalized spacial score (nSPS) is 15.6. The SMILES string of the molecule is CC(C)(O)c1c2c(nc3ccc(Cl)cc13)CCCC2. The number of benzene rings is 1. The van der Waals surface area contributed by atoms with E-state index in [1.54, 1.807) is 0 Å². The summed E-state index contributed by atoms with van der Waals surface area (Å²) >= 11 is 6.11. The Kier molecular flexibility index (Phi) is 3.03. The quantitative estimate of drug-likeness (QED) is 0.853. The van der Waals surface area contributed by atoms with E-state index < -0.39 is 5.60 Å². The van der Waals surface area contributed by atoms with Crippen molar-refractivity contribution in [2.45, 2.75) is 45.1 Å². The van der Waals surface area contributed by atoms with Gasteiger partial charge in [-0.15, -0.1) is 0 Å². The molecular weight excluding hydrogens is 258 g/mol. The van der Waals surface area contributed by atoms with Gasteiger partial charge >= 0.3 is 0 Å². The Balaban J connectivity index is 2.41. The highest BCUT2D eigenvalue weighted by Gasteiger charge is 2.27. The summed E-state index contributed by atoms with van der Waals surface area (Å²) in [6.45, 7) is 3.69. The van der Waals surface area contributed by atoms with Gasteiger partial charge in [-0.2, -0.15) is 0 Å². The van der Waals surface area contributed by atoms with Crippen molar-refractivity contribution in [3.05, 3.63) is 40.0 Å². The average Bonchev–Trinajstić information content (AvgIpc) is 2.34. The van der Waals surface area contributed by atoms with Crippen LogP contribution < -0.4 is 0 Å². The molecule has 100 valence electrons. The number of rotatable bonds is 1. The van der Waals surface area contributed by atoms with Crippen molar-refractivity contribution in [3.8, 4) is 0 Å². The van der Waals surface area contributed by atoms with E-state index in [0.29, 0.717) is 5.02 Å². The first kappa shape index (κ1) is 12.9. The molecule has 1 aliphatic rings. The van der Waals surface area contributed by atoms with Gasteiger partial charge in [-0.25, -0.2) is 0 Å². The minimum absolute atomic E-state index is 0.690. The lowest BCUT2D eigenvalue weighted by Crippen LogP contribution is -2.22. The van der Waals surface area contributed by atoms with E-state index in [-0.39, 0.29) is 0 Å². The minimum Gasteiger partial charge on any atom is -0.386 e. The smallest absolute Gasteiger partial charge is 0.0850 e. The van der Waals surface area contributed by atoms with Crippen molar-refractivity contribution < 1.29 is 5.11 Å². The Morgan fingerprint density at radius 1 is 1.21 bits per heavy atom. The van der Waals surface area contributed by atoms with E-state index in [4.69, 9.17) is 16.6 Å². The lowest BCUT2D eigenvalue weighted by atomic mass is 9.83. The van der Waals surface area contributed by atoms with Gasteiger partial charge in [0.2, 0.25) is 0 Å². The Labute approximate surface area is 118 Å². The zero-order valence-corrected chi connectivity index (χ0v) is 12.1. The van der Waals surface area contributed by atoms with Crippen LogP contribution in [-0.4, -0.2) is 10.1 Å². The molecule has 0 bridgehead atoms. The van der Waals surface area contributed by atoms with Crippen molar-refractivity contribution in [1.29, 1.82) is 0 Å². The highest BCUT2D eigenvalue weighted by atomic mass is 35.5. The van der Waals surface area contributed by atoms with Crippen molar-refractivity contribution in [2.75, 3.05) is 0 Å². The van der Waals surface area contributed by atoms with Crippen molar-refractivity contribution >= 4 is 22.5 Å². The Bertz CT molecular complexity index is 643. The molecule has 0 fully saturated rings. The summed E-state index contributed by atoms with van der Waals surface area (Å²) in [7, 11) is 0. The Hall–Kier alpha value is -1.12. The van der Waals surface area contributed by atoms with Gasteiger partial charge < -0.3 is 5.11 Å². The molecule has 0 aliphatic heterocycles. The molecule has 1 N–H and O–H groups in total. The zero-order chi connectivity index (χ0) is 13.6. The summed E-state index contributed by atoms with van der Waals surface area (Å²) in [6.07, 6.45) is 4.37. The first-order valence-electron chi connectivity index (χ1n) is 6.80. The summed E-state index contributed by atoms with van der Waals surface area (Å²) in [5.74, 6) is 0. The summed E-state index contributed by atoms with van der Waals surface area (Å²) in [6, 6.07) is 5.73. The van der Waals surface area contributed by atoms with Crippen LogP contribution in [0.3, 0.4) is 0 Å². The summed E-state index contributed by atoms with van der Waals surface area (Å²) in [5, 5.41) is 12.2. The first-order chi connectivity index (χ1) is 8.97. The van der Waals surface area contributed by atoms with E-state index in [0.717, 1.165) is 35.0 Å². The predicted octanol–water partition coefficient (Wildman–Crippen LogP) is 3.99. The molecule has 1 aromatic heterocycles. The molecule has 0 unspecified atom stereocenters. The van der Waals surface area contributed by atoms with Gasteiger partial charge in [0.25, 0.3) is 0 Å². The monoisotopic (exact) mass is 275 g/mol. The van der Waals surface area contributed by atoms with Crippen LogP contribution in [0.25, 0.3) is 10.9 Å². The van der Waals surface area contributed by atoms with E-state index in [1.807, 2.05) is 32.0 Å². The maximum absolute atomic E-state index is 10.6. The topological polar surface area (TPSA) is 33.1 Å². The minimum atomic E-state index is -0.868. The van der Waals surface area contributed by atoms with Gasteiger partial charge in [0, 0.05) is 16.1 Å². The van der Waals surface area contributed by atoms with E-state index >= 15 is 0 Å². The number of halogens is 1. The maximum Gasteiger partial charge on any atom is 0.0850 e. The van der Waals surface area contributed by atoms with Gasteiger partial charge in [0.15, 0.2) is 0 Å². The molecule has 1 heterocycles. The molecule has 3 heteroatoms. The zero-order valence-electron chi connectivity index (χ0n) is 11.3. The van der Waals surface area contributed by atoms with Crippen molar-refractivity contribution in [1.82, 2.24) is 4.98 Å². The van der Waals surface area contributed by atoms with E-state index in [1.165, 1.54) is 18.4 Å². The van der Waals surface area contributed by atoms with Crippen LogP contribution in [0, 0.1) is 0 Å². The third-order valence-electron chi connectivity index (χ3n) is 3.84. The van der Waals surface area contributed by atoms with Crippen LogP contribution in [0.2, 0.25) is 5.02 Å². The van der Waals surface area contributed by atoms with Gasteiger partial charge in [-0.3, -0.25) is 4.98 Å². The lowest BCUT2D eigenvalue weighted by Gasteiger charge is -2.28. The largest absolute Gasteiger partial charge is 0.386 e. The average molecular weight is 276 g/mol. The van der Waals surface area contributed by atoms with Gasteiger partial charge in [-0.1, -0.05) is 11.6 Å². The lowest BCUT2D eigenvalue weighted by molar-refractivity contribution is 0.0789. The molecule has 0 radical (unpaired) electrons. The molecule has 0 amide bonds. The second-order valence-corrected chi connectivity index (χ2v) is 6.28. The maximum atomic E-state index is 10.6. The van der Waals surface area contributed by atoms with Crippen LogP contribution >= 0.6 is 11.6 Å². The predicted molar refractivity (Wildman–Crippen MR) is 78.6 cm³/mol. The highest BCUT2D eigenvalue weighted by molar-refractivity contribution is 6.31. The molecule has 2 nitrogen and oxygen atoms in total. The molecule has 2 aromatic rings. The summed E-state index contributed by atoms with van der Waals surface area (Å²) in [5.41, 5.74) is 3.46. The van der Waals surface area contributed by atoms with Crippen LogP contribution in [-0.2, 0) is 18.4 Å². The molecule has 0 saturated carbocycles. The molecule has 3 rings (SSSR count). The van der Waals surface area contributed by atoms with Crippen molar-refractivity contribution in [2.24, 2.45) is 0 Å². The van der Waals surface area contributed by atoms with Crippen molar-refractivity contribution in [3.63, 3.8) is 0 Å². The van der Waals surface area contributed by atoms with E-state index in [9.17, 15) is 5.11 Å². The molecule has 1 aliphatic carbocycles.